The van der Waals surface area contributed by atoms with Gasteiger partial charge in [0, 0.05) is 25.3 Å². The predicted molar refractivity (Wildman–Crippen MR) is 107 cm³/mol. The van der Waals surface area contributed by atoms with Gasteiger partial charge in [-0.1, -0.05) is 48.9 Å². The zero-order valence-corrected chi connectivity index (χ0v) is 16.5. The summed E-state index contributed by atoms with van der Waals surface area (Å²) in [5, 5.41) is 2.77. The van der Waals surface area contributed by atoms with E-state index in [0.29, 0.717) is 25.3 Å². The van der Waals surface area contributed by atoms with Gasteiger partial charge in [-0.05, 0) is 36.6 Å². The Kier molecular flexibility index (Phi) is 5.94. The van der Waals surface area contributed by atoms with E-state index in [-0.39, 0.29) is 12.5 Å². The summed E-state index contributed by atoms with van der Waals surface area (Å²) >= 11 is 0. The second kappa shape index (κ2) is 8.21. The summed E-state index contributed by atoms with van der Waals surface area (Å²) in [6.07, 6.45) is 0.928. The third-order valence-corrected chi connectivity index (χ3v) is 6.59. The largest absolute Gasteiger partial charge is 0.325 e. The van der Waals surface area contributed by atoms with Gasteiger partial charge >= 0.3 is 0 Å². The van der Waals surface area contributed by atoms with Gasteiger partial charge in [0.15, 0.2) is 0 Å². The van der Waals surface area contributed by atoms with Crippen molar-refractivity contribution >= 4 is 21.8 Å². The van der Waals surface area contributed by atoms with Crippen LogP contribution in [0.4, 0.5) is 5.69 Å². The minimum Gasteiger partial charge on any atom is -0.325 e. The van der Waals surface area contributed by atoms with Gasteiger partial charge in [-0.2, -0.15) is 17.0 Å². The molecule has 1 fully saturated rings. The molecule has 1 aliphatic rings. The molecule has 2 aromatic rings. The number of amides is 1. The summed E-state index contributed by atoms with van der Waals surface area (Å²) < 4.78 is 28.1. The van der Waals surface area contributed by atoms with E-state index in [2.05, 4.69) is 12.2 Å². The highest BCUT2D eigenvalue weighted by Gasteiger charge is 2.37. The first-order valence-electron chi connectivity index (χ1n) is 9.08. The fourth-order valence-corrected chi connectivity index (χ4v) is 4.68. The molecule has 27 heavy (non-hydrogen) atoms. The number of carbonyl (C=O) groups excluding carboxylic acids is 1. The highest BCUT2D eigenvalue weighted by Crippen LogP contribution is 2.20. The van der Waals surface area contributed by atoms with E-state index in [4.69, 9.17) is 0 Å². The number of hydrogen-bond donors (Lipinski definition) is 1. The summed E-state index contributed by atoms with van der Waals surface area (Å²) in [6.45, 7) is 4.88. The Morgan fingerprint density at radius 2 is 1.74 bits per heavy atom. The topological polar surface area (TPSA) is 69.7 Å². The Morgan fingerprint density at radius 1 is 1.04 bits per heavy atom. The predicted octanol–water partition coefficient (Wildman–Crippen LogP) is 2.56. The third-order valence-electron chi connectivity index (χ3n) is 4.66. The molecule has 0 aliphatic carbocycles. The zero-order chi connectivity index (χ0) is 19.4. The van der Waals surface area contributed by atoms with Crippen LogP contribution in [0.15, 0.2) is 48.5 Å². The van der Waals surface area contributed by atoms with E-state index >= 15 is 0 Å². The minimum atomic E-state index is -3.63. The summed E-state index contributed by atoms with van der Waals surface area (Å²) in [6, 6.07) is 15.4. The maximum absolute atomic E-state index is 12.7. The van der Waals surface area contributed by atoms with E-state index in [1.165, 1.54) is 14.2 Å². The standard InChI is InChI=1S/C20H25N3O3S/c1-3-17-7-9-19(10-8-17)21-20(24)15-23-12-11-22(27(23,25)26)14-18-6-4-5-16(2)13-18/h4-10,13H,3,11-12,14-15H2,1-2H3,(H,21,24). The highest BCUT2D eigenvalue weighted by atomic mass is 32.2. The smallest absolute Gasteiger partial charge is 0.282 e. The van der Waals surface area contributed by atoms with E-state index < -0.39 is 10.2 Å². The minimum absolute atomic E-state index is 0.178. The van der Waals surface area contributed by atoms with Gasteiger partial charge in [0.2, 0.25) is 5.91 Å². The van der Waals surface area contributed by atoms with E-state index in [0.717, 1.165) is 17.5 Å². The molecule has 0 unspecified atom stereocenters. The van der Waals surface area contributed by atoms with Crippen LogP contribution in [0.1, 0.15) is 23.6 Å². The maximum Gasteiger partial charge on any atom is 0.282 e. The van der Waals surface area contributed by atoms with Gasteiger partial charge in [0.25, 0.3) is 10.2 Å². The molecule has 3 rings (SSSR count). The summed E-state index contributed by atoms with van der Waals surface area (Å²) in [4.78, 5) is 12.3. The molecule has 144 valence electrons. The fourth-order valence-electron chi connectivity index (χ4n) is 3.14. The number of hydrogen-bond acceptors (Lipinski definition) is 3. The fraction of sp³-hybridized carbons (Fsp3) is 0.350. The number of nitrogens with zero attached hydrogens (tertiary/aromatic N) is 2. The second-order valence-corrected chi connectivity index (χ2v) is 8.69. The van der Waals surface area contributed by atoms with Crippen LogP contribution in [0, 0.1) is 6.92 Å². The van der Waals surface area contributed by atoms with Gasteiger partial charge < -0.3 is 5.32 Å². The van der Waals surface area contributed by atoms with Gasteiger partial charge in [0.05, 0.1) is 6.54 Å². The maximum atomic E-state index is 12.7. The van der Waals surface area contributed by atoms with Crippen molar-refractivity contribution in [1.29, 1.82) is 0 Å². The lowest BCUT2D eigenvalue weighted by molar-refractivity contribution is -0.116. The van der Waals surface area contributed by atoms with Gasteiger partial charge in [0.1, 0.15) is 0 Å². The van der Waals surface area contributed by atoms with Crippen LogP contribution < -0.4 is 5.32 Å². The van der Waals surface area contributed by atoms with E-state index in [1.54, 1.807) is 0 Å². The van der Waals surface area contributed by atoms with Crippen molar-refractivity contribution in [1.82, 2.24) is 8.61 Å². The van der Waals surface area contributed by atoms with Crippen molar-refractivity contribution in [3.8, 4) is 0 Å². The Hall–Kier alpha value is -2.22. The van der Waals surface area contributed by atoms with Crippen LogP contribution in [0.25, 0.3) is 0 Å². The van der Waals surface area contributed by atoms with Crippen molar-refractivity contribution in [3.05, 3.63) is 65.2 Å². The molecular formula is C20H25N3O3S. The molecule has 1 N–H and O–H groups in total. The lowest BCUT2D eigenvalue weighted by Crippen LogP contribution is -2.37. The van der Waals surface area contributed by atoms with E-state index in [9.17, 15) is 13.2 Å². The molecule has 6 nitrogen and oxygen atoms in total. The average molecular weight is 388 g/mol. The Labute approximate surface area is 161 Å². The van der Waals surface area contributed by atoms with Crippen LogP contribution in [-0.4, -0.2) is 42.6 Å². The van der Waals surface area contributed by atoms with Crippen LogP contribution >= 0.6 is 0 Å². The molecule has 0 saturated carbocycles. The number of carbonyl (C=O) groups is 1. The van der Waals surface area contributed by atoms with Crippen molar-refractivity contribution in [2.75, 3.05) is 25.0 Å². The Balaban J connectivity index is 1.61. The quantitative estimate of drug-likeness (QED) is 0.828. The number of benzene rings is 2. The molecule has 2 aromatic carbocycles. The molecule has 0 radical (unpaired) electrons. The lowest BCUT2D eigenvalue weighted by atomic mass is 10.1. The molecule has 0 bridgehead atoms. The first-order valence-corrected chi connectivity index (χ1v) is 10.5. The molecule has 1 amide bonds. The summed E-state index contributed by atoms with van der Waals surface area (Å²) in [5.41, 5.74) is 3.89. The van der Waals surface area contributed by atoms with Crippen molar-refractivity contribution in [3.63, 3.8) is 0 Å². The van der Waals surface area contributed by atoms with Crippen molar-refractivity contribution in [2.45, 2.75) is 26.8 Å². The normalized spacial score (nSPS) is 17.1. The molecule has 0 spiro atoms. The zero-order valence-electron chi connectivity index (χ0n) is 15.7. The SMILES string of the molecule is CCc1ccc(NC(=O)CN2CCN(Cc3cccc(C)c3)S2(=O)=O)cc1. The van der Waals surface area contributed by atoms with E-state index in [1.807, 2.05) is 55.5 Å². The molecule has 1 aliphatic heterocycles. The molecule has 7 heteroatoms. The summed E-state index contributed by atoms with van der Waals surface area (Å²) in [5.74, 6) is -0.333. The average Bonchev–Trinajstić information content (AvgIpc) is 2.90. The first kappa shape index (κ1) is 19.5. The molecular weight excluding hydrogens is 362 g/mol. The number of nitrogens with one attached hydrogen (secondary N) is 1. The lowest BCUT2D eigenvalue weighted by Gasteiger charge is -2.18. The number of anilines is 1. The van der Waals surface area contributed by atoms with Crippen LogP contribution in [0.5, 0.6) is 0 Å². The van der Waals surface area contributed by atoms with Crippen LogP contribution in [-0.2, 0) is 28.0 Å². The Bertz CT molecular complexity index is 910. The molecule has 0 atom stereocenters. The highest BCUT2D eigenvalue weighted by molar-refractivity contribution is 7.87. The van der Waals surface area contributed by atoms with Gasteiger partial charge in [-0.15, -0.1) is 0 Å². The molecule has 1 heterocycles. The summed E-state index contributed by atoms with van der Waals surface area (Å²) in [7, 11) is -3.63. The monoisotopic (exact) mass is 387 g/mol. The third kappa shape index (κ3) is 4.74. The molecule has 1 saturated heterocycles. The van der Waals surface area contributed by atoms with Crippen LogP contribution in [0.3, 0.4) is 0 Å². The number of aryl methyl sites for hydroxylation is 2. The molecule has 0 aromatic heterocycles. The van der Waals surface area contributed by atoms with Gasteiger partial charge in [-0.25, -0.2) is 0 Å². The Morgan fingerprint density at radius 3 is 2.41 bits per heavy atom. The second-order valence-electron chi connectivity index (χ2n) is 6.76. The number of rotatable bonds is 6. The first-order chi connectivity index (χ1) is 12.9. The van der Waals surface area contributed by atoms with Crippen LogP contribution in [0.2, 0.25) is 0 Å². The van der Waals surface area contributed by atoms with Gasteiger partial charge in [-0.3, -0.25) is 4.79 Å². The van der Waals surface area contributed by atoms with Crippen molar-refractivity contribution < 1.29 is 13.2 Å². The van der Waals surface area contributed by atoms with Crippen molar-refractivity contribution in [2.24, 2.45) is 0 Å².